The van der Waals surface area contributed by atoms with E-state index in [1.807, 2.05) is 13.0 Å². The van der Waals surface area contributed by atoms with Crippen LogP contribution >= 0.6 is 23.3 Å². The molecule has 0 bridgehead atoms. The molecule has 0 radical (unpaired) electrons. The Morgan fingerprint density at radius 3 is 2.86 bits per heavy atom. The van der Waals surface area contributed by atoms with Crippen molar-refractivity contribution in [1.82, 2.24) is 14.7 Å². The van der Waals surface area contributed by atoms with Crippen molar-refractivity contribution in [1.29, 1.82) is 0 Å². The molecule has 0 fully saturated rings. The van der Waals surface area contributed by atoms with Gasteiger partial charge < -0.3 is 5.32 Å². The number of hydrogen-bond donors (Lipinski definition) is 1. The lowest BCUT2D eigenvalue weighted by atomic mass is 10.1. The Kier molecular flexibility index (Phi) is 6.14. The molecule has 0 aliphatic heterocycles. The predicted molar refractivity (Wildman–Crippen MR) is 86.5 cm³/mol. The largest absolute Gasteiger partial charge is 0.310 e. The summed E-state index contributed by atoms with van der Waals surface area (Å²) in [6.07, 6.45) is 1.89. The highest BCUT2D eigenvalue weighted by molar-refractivity contribution is 8.01. The van der Waals surface area contributed by atoms with Crippen LogP contribution in [0, 0.1) is 5.82 Å². The van der Waals surface area contributed by atoms with Crippen LogP contribution in [0.3, 0.4) is 0 Å². The van der Waals surface area contributed by atoms with Crippen LogP contribution in [0.15, 0.2) is 27.4 Å². The predicted octanol–water partition coefficient (Wildman–Crippen LogP) is 4.45. The first-order valence-electron chi connectivity index (χ1n) is 7.17. The van der Waals surface area contributed by atoms with Crippen molar-refractivity contribution in [3.05, 3.63) is 35.4 Å². The van der Waals surface area contributed by atoms with Crippen LogP contribution in [0.1, 0.15) is 44.6 Å². The molecule has 1 heterocycles. The fourth-order valence-corrected chi connectivity index (χ4v) is 3.80. The van der Waals surface area contributed by atoms with E-state index in [0.717, 1.165) is 40.0 Å². The van der Waals surface area contributed by atoms with Crippen molar-refractivity contribution in [3.63, 3.8) is 0 Å². The molecule has 6 heteroatoms. The number of hydrogen-bond acceptors (Lipinski definition) is 5. The zero-order valence-electron chi connectivity index (χ0n) is 12.5. The topological polar surface area (TPSA) is 37.8 Å². The molecule has 3 nitrogen and oxygen atoms in total. The third kappa shape index (κ3) is 4.49. The standard InChI is InChI=1S/C15H20FN3S2/c1-4-8-17-10(3)12-9-11(16)6-7-13(12)20-15-18-14(5-2)19-21-15/h6-7,9-10,17H,4-5,8H2,1-3H3. The highest BCUT2D eigenvalue weighted by atomic mass is 32.2. The van der Waals surface area contributed by atoms with E-state index in [2.05, 4.69) is 28.5 Å². The van der Waals surface area contributed by atoms with Crippen molar-refractivity contribution in [2.45, 2.75) is 48.9 Å². The first-order valence-corrected chi connectivity index (χ1v) is 8.76. The number of nitrogens with zero attached hydrogens (tertiary/aromatic N) is 2. The summed E-state index contributed by atoms with van der Waals surface area (Å²) in [6.45, 7) is 7.14. The van der Waals surface area contributed by atoms with Gasteiger partial charge in [0.2, 0.25) is 0 Å². The summed E-state index contributed by atoms with van der Waals surface area (Å²) in [5.41, 5.74) is 0.974. The second-order valence-corrected chi connectivity index (χ2v) is 6.83. The van der Waals surface area contributed by atoms with Gasteiger partial charge in [0.05, 0.1) is 0 Å². The maximum atomic E-state index is 13.6. The molecule has 0 saturated carbocycles. The van der Waals surface area contributed by atoms with E-state index in [1.54, 1.807) is 17.8 Å². The normalized spacial score (nSPS) is 12.6. The molecule has 2 aromatic rings. The molecule has 0 aliphatic carbocycles. The van der Waals surface area contributed by atoms with Crippen LogP contribution < -0.4 is 5.32 Å². The quantitative estimate of drug-likeness (QED) is 0.816. The van der Waals surface area contributed by atoms with Crippen LogP contribution in [-0.4, -0.2) is 15.9 Å². The van der Waals surface area contributed by atoms with E-state index in [4.69, 9.17) is 0 Å². The minimum absolute atomic E-state index is 0.113. The zero-order chi connectivity index (χ0) is 15.2. The summed E-state index contributed by atoms with van der Waals surface area (Å²) in [5.74, 6) is 0.661. The van der Waals surface area contributed by atoms with Crippen LogP contribution in [0.5, 0.6) is 0 Å². The Hall–Kier alpha value is -0.980. The molecule has 0 amide bonds. The number of benzene rings is 1. The third-order valence-corrected chi connectivity index (χ3v) is 4.98. The van der Waals surface area contributed by atoms with Crippen molar-refractivity contribution in [2.24, 2.45) is 0 Å². The monoisotopic (exact) mass is 325 g/mol. The highest BCUT2D eigenvalue weighted by Crippen LogP contribution is 2.34. The summed E-state index contributed by atoms with van der Waals surface area (Å²) in [7, 11) is 0. The Labute approximate surface area is 133 Å². The Morgan fingerprint density at radius 2 is 2.19 bits per heavy atom. The summed E-state index contributed by atoms with van der Waals surface area (Å²) in [6, 6.07) is 5.05. The van der Waals surface area contributed by atoms with Gasteiger partial charge in [-0.1, -0.05) is 25.6 Å². The minimum atomic E-state index is -0.203. The Bertz CT molecular complexity index is 586. The van der Waals surface area contributed by atoms with E-state index >= 15 is 0 Å². The first kappa shape index (κ1) is 16.4. The number of nitrogens with one attached hydrogen (secondary N) is 1. The van der Waals surface area contributed by atoms with Gasteiger partial charge in [-0.25, -0.2) is 9.37 Å². The van der Waals surface area contributed by atoms with Crippen molar-refractivity contribution in [3.8, 4) is 0 Å². The van der Waals surface area contributed by atoms with Gasteiger partial charge in [-0.3, -0.25) is 0 Å². The number of aromatic nitrogens is 2. The summed E-state index contributed by atoms with van der Waals surface area (Å²) in [4.78, 5) is 5.50. The lowest BCUT2D eigenvalue weighted by Crippen LogP contribution is -2.20. The van der Waals surface area contributed by atoms with E-state index in [9.17, 15) is 4.39 Å². The minimum Gasteiger partial charge on any atom is -0.310 e. The van der Waals surface area contributed by atoms with Crippen molar-refractivity contribution in [2.75, 3.05) is 6.54 Å². The van der Waals surface area contributed by atoms with Crippen LogP contribution in [-0.2, 0) is 6.42 Å². The Balaban J connectivity index is 2.21. The molecule has 1 N–H and O–H groups in total. The van der Waals surface area contributed by atoms with E-state index in [1.165, 1.54) is 17.6 Å². The second-order valence-electron chi connectivity index (χ2n) is 4.79. The Morgan fingerprint density at radius 1 is 1.38 bits per heavy atom. The van der Waals surface area contributed by atoms with E-state index < -0.39 is 0 Å². The number of rotatable bonds is 7. The fraction of sp³-hybridized carbons (Fsp3) is 0.467. The number of aryl methyl sites for hydroxylation is 1. The average Bonchev–Trinajstić information content (AvgIpc) is 2.94. The molecule has 114 valence electrons. The molecule has 0 saturated heterocycles. The molecule has 21 heavy (non-hydrogen) atoms. The smallest absolute Gasteiger partial charge is 0.174 e. The molecule has 1 aromatic carbocycles. The van der Waals surface area contributed by atoms with Gasteiger partial charge in [-0.15, -0.1) is 0 Å². The average molecular weight is 325 g/mol. The van der Waals surface area contributed by atoms with Gasteiger partial charge in [0.15, 0.2) is 4.34 Å². The lowest BCUT2D eigenvalue weighted by Gasteiger charge is -2.17. The van der Waals surface area contributed by atoms with E-state index in [-0.39, 0.29) is 11.9 Å². The van der Waals surface area contributed by atoms with E-state index in [0.29, 0.717) is 0 Å². The summed E-state index contributed by atoms with van der Waals surface area (Å²) >= 11 is 2.96. The molecule has 0 aliphatic rings. The van der Waals surface area contributed by atoms with Gasteiger partial charge in [0.1, 0.15) is 11.6 Å². The molecule has 2 rings (SSSR count). The zero-order valence-corrected chi connectivity index (χ0v) is 14.2. The maximum absolute atomic E-state index is 13.6. The fourth-order valence-electron chi connectivity index (χ4n) is 1.94. The van der Waals surface area contributed by atoms with Gasteiger partial charge in [-0.2, -0.15) is 4.37 Å². The highest BCUT2D eigenvalue weighted by Gasteiger charge is 2.14. The summed E-state index contributed by atoms with van der Waals surface area (Å²) < 4.78 is 18.8. The molecule has 1 atom stereocenters. The maximum Gasteiger partial charge on any atom is 0.174 e. The van der Waals surface area contributed by atoms with Crippen LogP contribution in [0.2, 0.25) is 0 Å². The molecule has 1 aromatic heterocycles. The first-order chi connectivity index (χ1) is 10.1. The van der Waals surface area contributed by atoms with Crippen LogP contribution in [0.4, 0.5) is 4.39 Å². The number of halogens is 1. The van der Waals surface area contributed by atoms with Gasteiger partial charge in [0, 0.05) is 17.4 Å². The third-order valence-electron chi connectivity index (χ3n) is 3.10. The van der Waals surface area contributed by atoms with Crippen molar-refractivity contribution >= 4 is 23.3 Å². The van der Waals surface area contributed by atoms with Crippen molar-refractivity contribution < 1.29 is 4.39 Å². The molecule has 1 unspecified atom stereocenters. The van der Waals surface area contributed by atoms with Gasteiger partial charge in [-0.05, 0) is 55.2 Å². The van der Waals surface area contributed by atoms with Gasteiger partial charge >= 0.3 is 0 Å². The SMILES string of the molecule is CCCNC(C)c1cc(F)ccc1Sc1nc(CC)ns1. The van der Waals surface area contributed by atoms with Gasteiger partial charge in [0.25, 0.3) is 0 Å². The summed E-state index contributed by atoms with van der Waals surface area (Å²) in [5, 5.41) is 3.41. The van der Waals surface area contributed by atoms with Crippen LogP contribution in [0.25, 0.3) is 0 Å². The molecular weight excluding hydrogens is 305 g/mol. The lowest BCUT2D eigenvalue weighted by molar-refractivity contribution is 0.554. The second kappa shape index (κ2) is 7.87. The molecular formula is C15H20FN3S2. The molecule has 0 spiro atoms.